The molecule has 0 spiro atoms. The van der Waals surface area contributed by atoms with Crippen LogP contribution >= 0.6 is 12.2 Å². The van der Waals surface area contributed by atoms with Crippen molar-refractivity contribution >= 4 is 28.9 Å². The average molecular weight is 457 g/mol. The topological polar surface area (TPSA) is 59.6 Å². The Labute approximate surface area is 197 Å². The highest BCUT2D eigenvalue weighted by molar-refractivity contribution is 7.80. The molecule has 0 bridgehead atoms. The molecule has 0 aromatic heterocycles. The number of rotatable bonds is 10. The summed E-state index contributed by atoms with van der Waals surface area (Å²) in [5.74, 6) is 1.60. The molecule has 2 rings (SSSR count). The maximum Gasteiger partial charge on any atom is 0.231 e. The predicted molar refractivity (Wildman–Crippen MR) is 136 cm³/mol. The van der Waals surface area contributed by atoms with Crippen molar-refractivity contribution in [3.05, 3.63) is 53.6 Å². The maximum atomic E-state index is 12.7. The maximum absolute atomic E-state index is 12.7. The quantitative estimate of drug-likeness (QED) is 0.330. The first-order chi connectivity index (χ1) is 15.1. The van der Waals surface area contributed by atoms with Crippen LogP contribution in [0, 0.1) is 19.3 Å². The van der Waals surface area contributed by atoms with Crippen LogP contribution in [0.5, 0.6) is 11.5 Å². The molecule has 2 N–H and O–H groups in total. The number of nitrogens with one attached hydrogen (secondary N) is 2. The summed E-state index contributed by atoms with van der Waals surface area (Å²) in [6.07, 6.45) is 2.58. The molecular formula is C26H36N2O3S. The van der Waals surface area contributed by atoms with Crippen LogP contribution in [0.15, 0.2) is 42.5 Å². The minimum absolute atomic E-state index is 0.113. The van der Waals surface area contributed by atoms with Crippen LogP contribution < -0.4 is 20.1 Å². The molecule has 0 saturated carbocycles. The zero-order chi connectivity index (χ0) is 23.7. The van der Waals surface area contributed by atoms with E-state index in [0.29, 0.717) is 13.0 Å². The normalized spacial score (nSPS) is 12.1. The summed E-state index contributed by atoms with van der Waals surface area (Å²) in [5.41, 5.74) is 2.52. The van der Waals surface area contributed by atoms with Crippen LogP contribution in [0.3, 0.4) is 0 Å². The monoisotopic (exact) mass is 456 g/mol. The van der Waals surface area contributed by atoms with Crippen LogP contribution in [0.25, 0.3) is 0 Å². The SMILES string of the molecule is CCC(C)Oc1ccc(NC(=S)NC(=O)C(C)(C)CCCOc2cc(C)ccc2C)cc1. The summed E-state index contributed by atoms with van der Waals surface area (Å²) in [7, 11) is 0. The van der Waals surface area contributed by atoms with Crippen molar-refractivity contribution in [2.45, 2.75) is 66.9 Å². The summed E-state index contributed by atoms with van der Waals surface area (Å²) < 4.78 is 11.7. The molecule has 5 nitrogen and oxygen atoms in total. The zero-order valence-corrected chi connectivity index (χ0v) is 20.9. The molecule has 0 aliphatic heterocycles. The lowest BCUT2D eigenvalue weighted by Crippen LogP contribution is -2.42. The van der Waals surface area contributed by atoms with E-state index in [-0.39, 0.29) is 17.1 Å². The molecule has 0 radical (unpaired) electrons. The van der Waals surface area contributed by atoms with Crippen molar-refractivity contribution in [1.29, 1.82) is 0 Å². The van der Waals surface area contributed by atoms with Crippen molar-refractivity contribution in [1.82, 2.24) is 5.32 Å². The molecular weight excluding hydrogens is 420 g/mol. The van der Waals surface area contributed by atoms with E-state index in [0.717, 1.165) is 35.6 Å². The fourth-order valence-corrected chi connectivity index (χ4v) is 3.25. The molecule has 0 fully saturated rings. The van der Waals surface area contributed by atoms with Gasteiger partial charge < -0.3 is 20.1 Å². The minimum Gasteiger partial charge on any atom is -0.493 e. The first kappa shape index (κ1) is 25.7. The van der Waals surface area contributed by atoms with Gasteiger partial charge in [0.25, 0.3) is 0 Å². The van der Waals surface area contributed by atoms with Crippen molar-refractivity contribution in [3.8, 4) is 11.5 Å². The second-order valence-electron chi connectivity index (χ2n) is 8.87. The van der Waals surface area contributed by atoms with Gasteiger partial charge in [-0.3, -0.25) is 4.79 Å². The average Bonchev–Trinajstić information content (AvgIpc) is 2.74. The van der Waals surface area contributed by atoms with E-state index in [1.54, 1.807) is 0 Å². The summed E-state index contributed by atoms with van der Waals surface area (Å²) in [6.45, 7) is 12.6. The Bertz CT molecular complexity index is 910. The van der Waals surface area contributed by atoms with E-state index >= 15 is 0 Å². The van der Waals surface area contributed by atoms with E-state index in [1.165, 1.54) is 5.56 Å². The molecule has 2 aromatic rings. The van der Waals surface area contributed by atoms with Gasteiger partial charge >= 0.3 is 0 Å². The summed E-state index contributed by atoms with van der Waals surface area (Å²) >= 11 is 5.33. The molecule has 32 heavy (non-hydrogen) atoms. The number of anilines is 1. The Kier molecular flexibility index (Phi) is 9.51. The van der Waals surface area contributed by atoms with E-state index in [4.69, 9.17) is 21.7 Å². The first-order valence-corrected chi connectivity index (χ1v) is 11.6. The number of hydrogen-bond donors (Lipinski definition) is 2. The number of aryl methyl sites for hydroxylation is 2. The Morgan fingerprint density at radius 1 is 1.12 bits per heavy atom. The Hall–Kier alpha value is -2.60. The van der Waals surface area contributed by atoms with Gasteiger partial charge in [0.05, 0.1) is 12.7 Å². The number of carbonyl (C=O) groups is 1. The number of thiocarbonyl (C=S) groups is 1. The molecule has 1 atom stereocenters. The third kappa shape index (κ3) is 8.15. The molecule has 1 unspecified atom stereocenters. The van der Waals surface area contributed by atoms with Crippen molar-refractivity contribution in [3.63, 3.8) is 0 Å². The Morgan fingerprint density at radius 2 is 1.81 bits per heavy atom. The molecule has 0 saturated heterocycles. The Morgan fingerprint density at radius 3 is 2.47 bits per heavy atom. The van der Waals surface area contributed by atoms with Crippen LogP contribution in [0.1, 0.15) is 58.1 Å². The number of amides is 1. The van der Waals surface area contributed by atoms with E-state index < -0.39 is 5.41 Å². The largest absolute Gasteiger partial charge is 0.493 e. The second-order valence-corrected chi connectivity index (χ2v) is 9.28. The molecule has 6 heteroatoms. The van der Waals surface area contributed by atoms with E-state index in [9.17, 15) is 4.79 Å². The molecule has 0 heterocycles. The van der Waals surface area contributed by atoms with Gasteiger partial charge in [0.15, 0.2) is 5.11 Å². The number of hydrogen-bond acceptors (Lipinski definition) is 4. The van der Waals surface area contributed by atoms with Gasteiger partial charge in [-0.25, -0.2) is 0 Å². The highest BCUT2D eigenvalue weighted by Gasteiger charge is 2.27. The summed E-state index contributed by atoms with van der Waals surface area (Å²) in [4.78, 5) is 12.7. The molecule has 1 amide bonds. The van der Waals surface area contributed by atoms with Crippen LogP contribution in [0.4, 0.5) is 5.69 Å². The fraction of sp³-hybridized carbons (Fsp3) is 0.462. The standard InChI is InChI=1S/C26H36N2O3S/c1-7-20(4)31-22-13-11-21(12-14-22)27-25(32)28-24(29)26(5,6)15-8-16-30-23-17-18(2)9-10-19(23)3/h9-14,17,20H,7-8,15-16H2,1-6H3,(H2,27,28,29,32). The fourth-order valence-electron chi connectivity index (χ4n) is 3.04. The first-order valence-electron chi connectivity index (χ1n) is 11.2. The molecule has 174 valence electrons. The summed E-state index contributed by atoms with van der Waals surface area (Å²) in [6, 6.07) is 13.7. The highest BCUT2D eigenvalue weighted by Crippen LogP contribution is 2.24. The van der Waals surface area contributed by atoms with Crippen molar-refractivity contribution in [2.24, 2.45) is 5.41 Å². The van der Waals surface area contributed by atoms with E-state index in [1.807, 2.05) is 65.0 Å². The lowest BCUT2D eigenvalue weighted by molar-refractivity contribution is -0.128. The van der Waals surface area contributed by atoms with Crippen molar-refractivity contribution in [2.75, 3.05) is 11.9 Å². The van der Waals surface area contributed by atoms with E-state index in [2.05, 4.69) is 29.7 Å². The van der Waals surface area contributed by atoms with Gasteiger partial charge in [-0.1, -0.05) is 32.9 Å². The van der Waals surface area contributed by atoms with Gasteiger partial charge in [0.1, 0.15) is 11.5 Å². The predicted octanol–water partition coefficient (Wildman–Crippen LogP) is 6.18. The van der Waals surface area contributed by atoms with Gasteiger partial charge in [0, 0.05) is 11.1 Å². The van der Waals surface area contributed by atoms with Gasteiger partial charge in [-0.15, -0.1) is 0 Å². The van der Waals surface area contributed by atoms with Crippen molar-refractivity contribution < 1.29 is 14.3 Å². The number of ether oxygens (including phenoxy) is 2. The third-order valence-electron chi connectivity index (χ3n) is 5.41. The number of benzene rings is 2. The third-order valence-corrected chi connectivity index (χ3v) is 5.62. The minimum atomic E-state index is -0.565. The second kappa shape index (κ2) is 11.9. The lowest BCUT2D eigenvalue weighted by atomic mass is 9.87. The van der Waals surface area contributed by atoms with Crippen LogP contribution in [-0.4, -0.2) is 23.7 Å². The van der Waals surface area contributed by atoms with Gasteiger partial charge in [-0.05, 0) is 93.7 Å². The van der Waals surface area contributed by atoms with Gasteiger partial charge in [-0.2, -0.15) is 0 Å². The summed E-state index contributed by atoms with van der Waals surface area (Å²) in [5, 5.41) is 6.15. The lowest BCUT2D eigenvalue weighted by Gasteiger charge is -2.24. The Balaban J connectivity index is 1.78. The smallest absolute Gasteiger partial charge is 0.231 e. The zero-order valence-electron chi connectivity index (χ0n) is 20.1. The van der Waals surface area contributed by atoms with Crippen LogP contribution in [0.2, 0.25) is 0 Å². The highest BCUT2D eigenvalue weighted by atomic mass is 32.1. The molecule has 2 aromatic carbocycles. The number of carbonyl (C=O) groups excluding carboxylic acids is 1. The molecule has 0 aliphatic rings. The molecule has 0 aliphatic carbocycles. The van der Waals surface area contributed by atoms with Crippen LogP contribution in [-0.2, 0) is 4.79 Å². The van der Waals surface area contributed by atoms with Gasteiger partial charge in [0.2, 0.25) is 5.91 Å².